The molecule has 0 radical (unpaired) electrons. The fraction of sp³-hybridized carbons (Fsp3) is 0.778. The van der Waals surface area contributed by atoms with Gasteiger partial charge in [0.05, 0.1) is 13.2 Å². The van der Waals surface area contributed by atoms with Gasteiger partial charge in [-0.2, -0.15) is 0 Å². The number of rotatable bonds is 8. The first-order chi connectivity index (χ1) is 7.91. The zero-order valence-electron chi connectivity index (χ0n) is 10.3. The van der Waals surface area contributed by atoms with E-state index in [2.05, 4.69) is 19.6 Å². The van der Waals surface area contributed by atoms with E-state index in [-0.39, 0.29) is 26.3 Å². The predicted molar refractivity (Wildman–Crippen MR) is 62.8 cm³/mol. The molecule has 0 aromatic carbocycles. The van der Waals surface area contributed by atoms with Crippen molar-refractivity contribution in [3.63, 3.8) is 0 Å². The van der Waals surface area contributed by atoms with Gasteiger partial charge in [-0.05, 0) is 13.8 Å². The molecule has 0 aliphatic heterocycles. The van der Waals surface area contributed by atoms with E-state index >= 15 is 0 Å². The summed E-state index contributed by atoms with van der Waals surface area (Å²) in [5.74, 6) is -0.986. The zero-order valence-corrected chi connectivity index (χ0v) is 11.2. The Morgan fingerprint density at radius 3 is 1.65 bits per heavy atom. The maximum absolute atomic E-state index is 11.8. The van der Waals surface area contributed by atoms with Gasteiger partial charge in [-0.3, -0.25) is 14.2 Å². The van der Waals surface area contributed by atoms with E-state index in [1.807, 2.05) is 0 Å². The molecule has 0 atom stereocenters. The summed E-state index contributed by atoms with van der Waals surface area (Å²) >= 11 is 0. The molecule has 17 heavy (non-hydrogen) atoms. The topological polar surface area (TPSA) is 93.7 Å². The van der Waals surface area contributed by atoms with Gasteiger partial charge in [-0.1, -0.05) is 0 Å². The van der Waals surface area contributed by atoms with Crippen LogP contribution < -0.4 is 10.2 Å². The quantitative estimate of drug-likeness (QED) is 0.476. The molecule has 0 aromatic rings. The highest BCUT2D eigenvalue weighted by atomic mass is 31.2. The molecule has 0 aliphatic rings. The Labute approximate surface area is 101 Å². The molecule has 0 rings (SSSR count). The number of esters is 2. The Kier molecular flexibility index (Phi) is 7.78. The first-order valence-corrected chi connectivity index (χ1v) is 7.45. The third-order valence-corrected chi connectivity index (χ3v) is 3.18. The van der Waals surface area contributed by atoms with Crippen LogP contribution in [0.2, 0.25) is 0 Å². The molecule has 0 aromatic heterocycles. The highest BCUT2D eigenvalue weighted by molar-refractivity contribution is 7.59. The van der Waals surface area contributed by atoms with E-state index in [9.17, 15) is 14.2 Å². The standard InChI is InChI=1S/C9H19N2O5P/c1-4-15-8(12)6-10-17(3,14)11-7-9(13)16-5-2/h4-7H2,1-3H3,(H2,10,11,14). The maximum Gasteiger partial charge on any atom is 0.320 e. The average Bonchev–Trinajstić information content (AvgIpc) is 2.25. The van der Waals surface area contributed by atoms with Crippen molar-refractivity contribution < 1.29 is 23.6 Å². The first kappa shape index (κ1) is 16.1. The third kappa shape index (κ3) is 8.85. The van der Waals surface area contributed by atoms with Crippen LogP contribution >= 0.6 is 7.44 Å². The van der Waals surface area contributed by atoms with Crippen molar-refractivity contribution in [3.8, 4) is 0 Å². The van der Waals surface area contributed by atoms with Crippen molar-refractivity contribution in [1.29, 1.82) is 0 Å². The molecule has 0 heterocycles. The lowest BCUT2D eigenvalue weighted by Gasteiger charge is -2.15. The lowest BCUT2D eigenvalue weighted by molar-refractivity contribution is -0.142. The summed E-state index contributed by atoms with van der Waals surface area (Å²) in [5.41, 5.74) is 0. The number of nitrogens with one attached hydrogen (secondary N) is 2. The van der Waals surface area contributed by atoms with Gasteiger partial charge in [0.15, 0.2) is 0 Å². The number of carbonyl (C=O) groups is 2. The van der Waals surface area contributed by atoms with Crippen LogP contribution in [0, 0.1) is 0 Å². The van der Waals surface area contributed by atoms with Gasteiger partial charge in [-0.15, -0.1) is 0 Å². The molecular formula is C9H19N2O5P. The normalized spacial score (nSPS) is 11.0. The second-order valence-corrected chi connectivity index (χ2v) is 5.68. The minimum atomic E-state index is -2.95. The number of ether oxygens (including phenoxy) is 2. The van der Waals surface area contributed by atoms with Crippen molar-refractivity contribution in [2.45, 2.75) is 13.8 Å². The minimum Gasteiger partial charge on any atom is -0.465 e. The van der Waals surface area contributed by atoms with Crippen molar-refractivity contribution in [2.24, 2.45) is 0 Å². The second-order valence-electron chi connectivity index (χ2n) is 3.20. The lowest BCUT2D eigenvalue weighted by Crippen LogP contribution is -2.31. The molecule has 0 saturated heterocycles. The smallest absolute Gasteiger partial charge is 0.320 e. The Bertz CT molecular complexity index is 282. The molecule has 0 amide bonds. The molecule has 0 aliphatic carbocycles. The van der Waals surface area contributed by atoms with Crippen molar-refractivity contribution in [1.82, 2.24) is 10.2 Å². The van der Waals surface area contributed by atoms with Gasteiger partial charge >= 0.3 is 11.9 Å². The lowest BCUT2D eigenvalue weighted by atomic mass is 10.7. The fourth-order valence-corrected chi connectivity index (χ4v) is 1.88. The summed E-state index contributed by atoms with van der Waals surface area (Å²) in [5, 5.41) is 5.01. The summed E-state index contributed by atoms with van der Waals surface area (Å²) in [6.45, 7) is 4.95. The molecular weight excluding hydrogens is 247 g/mol. The molecule has 0 spiro atoms. The minimum absolute atomic E-state index is 0.169. The molecule has 0 bridgehead atoms. The average molecular weight is 266 g/mol. The van der Waals surface area contributed by atoms with Crippen LogP contribution in [0.5, 0.6) is 0 Å². The second kappa shape index (κ2) is 8.22. The van der Waals surface area contributed by atoms with E-state index in [1.165, 1.54) is 6.66 Å². The predicted octanol–water partition coefficient (Wildman–Crippen LogP) is 0.115. The molecule has 7 nitrogen and oxygen atoms in total. The Morgan fingerprint density at radius 2 is 1.35 bits per heavy atom. The largest absolute Gasteiger partial charge is 0.465 e. The SMILES string of the molecule is CCOC(=O)CNP(C)(=O)NCC(=O)OCC. The van der Waals surface area contributed by atoms with Crippen molar-refractivity contribution in [3.05, 3.63) is 0 Å². The van der Waals surface area contributed by atoms with Gasteiger partial charge in [0, 0.05) is 6.66 Å². The van der Waals surface area contributed by atoms with Gasteiger partial charge in [0.1, 0.15) is 13.1 Å². The van der Waals surface area contributed by atoms with Crippen molar-refractivity contribution >= 4 is 19.4 Å². The monoisotopic (exact) mass is 266 g/mol. The Morgan fingerprint density at radius 1 is 1.00 bits per heavy atom. The number of hydrogen-bond donors (Lipinski definition) is 2. The van der Waals surface area contributed by atoms with Gasteiger partial charge in [-0.25, -0.2) is 10.2 Å². The molecule has 2 N–H and O–H groups in total. The van der Waals surface area contributed by atoms with Crippen LogP contribution in [0.4, 0.5) is 0 Å². The van der Waals surface area contributed by atoms with Gasteiger partial charge in [0.2, 0.25) is 7.44 Å². The summed E-state index contributed by atoms with van der Waals surface area (Å²) in [7, 11) is -2.95. The van der Waals surface area contributed by atoms with Crippen LogP contribution in [-0.4, -0.2) is 44.9 Å². The highest BCUT2D eigenvalue weighted by Crippen LogP contribution is 2.28. The molecule has 100 valence electrons. The summed E-state index contributed by atoms with van der Waals surface area (Å²) < 4.78 is 21.1. The summed E-state index contributed by atoms with van der Waals surface area (Å²) in [6.07, 6.45) is 0. The third-order valence-electron chi connectivity index (χ3n) is 1.66. The molecule has 0 fully saturated rings. The summed E-state index contributed by atoms with van der Waals surface area (Å²) in [4.78, 5) is 22.0. The summed E-state index contributed by atoms with van der Waals surface area (Å²) in [6, 6.07) is 0. The highest BCUT2D eigenvalue weighted by Gasteiger charge is 2.17. The van der Waals surface area contributed by atoms with Gasteiger partial charge < -0.3 is 9.47 Å². The van der Waals surface area contributed by atoms with E-state index in [0.29, 0.717) is 0 Å². The first-order valence-electron chi connectivity index (χ1n) is 5.30. The van der Waals surface area contributed by atoms with Crippen LogP contribution in [-0.2, 0) is 23.6 Å². The Balaban J connectivity index is 3.91. The van der Waals surface area contributed by atoms with Crippen LogP contribution in [0.3, 0.4) is 0 Å². The van der Waals surface area contributed by atoms with E-state index in [1.54, 1.807) is 13.8 Å². The Hall–Kier alpha value is -0.910. The van der Waals surface area contributed by atoms with E-state index < -0.39 is 19.4 Å². The van der Waals surface area contributed by atoms with Crippen LogP contribution in [0.1, 0.15) is 13.8 Å². The molecule has 0 unspecified atom stereocenters. The molecule has 8 heteroatoms. The zero-order chi connectivity index (χ0) is 13.3. The van der Waals surface area contributed by atoms with Crippen molar-refractivity contribution in [2.75, 3.05) is 33.0 Å². The number of hydrogen-bond acceptors (Lipinski definition) is 5. The molecule has 0 saturated carbocycles. The van der Waals surface area contributed by atoms with Gasteiger partial charge in [0.25, 0.3) is 0 Å². The van der Waals surface area contributed by atoms with E-state index in [0.717, 1.165) is 0 Å². The van der Waals surface area contributed by atoms with Crippen LogP contribution in [0.15, 0.2) is 0 Å². The van der Waals surface area contributed by atoms with E-state index in [4.69, 9.17) is 0 Å². The fourth-order valence-electron chi connectivity index (χ4n) is 0.911. The van der Waals surface area contributed by atoms with Crippen LogP contribution in [0.25, 0.3) is 0 Å². The number of carbonyl (C=O) groups excluding carboxylic acids is 2. The maximum atomic E-state index is 11.8.